The van der Waals surface area contributed by atoms with Crippen molar-refractivity contribution in [3.63, 3.8) is 0 Å². The van der Waals surface area contributed by atoms with Crippen LogP contribution in [-0.2, 0) is 22.7 Å². The van der Waals surface area contributed by atoms with Crippen molar-refractivity contribution in [2.45, 2.75) is 45.0 Å². The Morgan fingerprint density at radius 3 is 2.63 bits per heavy atom. The maximum Gasteiger partial charge on any atom is 0.316 e. The topological polar surface area (TPSA) is 70.2 Å². The SMILES string of the molecule is CCn1c(SCC(=O)OCc2ccc(C(C)C)cc2)nnc1-c1ccco1. The Kier molecular flexibility index (Phi) is 6.34. The third kappa shape index (κ3) is 4.80. The predicted octanol–water partition coefficient (Wildman–Crippen LogP) is 4.52. The first kappa shape index (κ1) is 19.2. The fraction of sp³-hybridized carbons (Fsp3) is 0.350. The van der Waals surface area contributed by atoms with E-state index in [1.165, 1.54) is 17.3 Å². The molecule has 0 saturated heterocycles. The number of hydrogen-bond acceptors (Lipinski definition) is 6. The molecule has 142 valence electrons. The molecule has 0 aliphatic rings. The minimum atomic E-state index is -0.280. The van der Waals surface area contributed by atoms with Crippen LogP contribution in [0.2, 0.25) is 0 Å². The van der Waals surface area contributed by atoms with Crippen LogP contribution in [0.4, 0.5) is 0 Å². The molecule has 0 N–H and O–H groups in total. The van der Waals surface area contributed by atoms with Crippen molar-refractivity contribution in [1.82, 2.24) is 14.8 Å². The van der Waals surface area contributed by atoms with Crippen LogP contribution < -0.4 is 0 Å². The molecule has 6 nitrogen and oxygen atoms in total. The molecule has 0 spiro atoms. The molecule has 1 aromatic carbocycles. The number of hydrogen-bond donors (Lipinski definition) is 0. The lowest BCUT2D eigenvalue weighted by molar-refractivity contribution is -0.141. The molecular weight excluding hydrogens is 362 g/mol. The largest absolute Gasteiger partial charge is 0.461 e. The van der Waals surface area contributed by atoms with Crippen molar-refractivity contribution in [1.29, 1.82) is 0 Å². The van der Waals surface area contributed by atoms with Gasteiger partial charge in [-0.25, -0.2) is 0 Å². The minimum Gasteiger partial charge on any atom is -0.461 e. The highest BCUT2D eigenvalue weighted by molar-refractivity contribution is 7.99. The van der Waals surface area contributed by atoms with E-state index in [1.807, 2.05) is 35.8 Å². The van der Waals surface area contributed by atoms with Gasteiger partial charge in [-0.1, -0.05) is 49.9 Å². The first-order valence-electron chi connectivity index (χ1n) is 8.92. The summed E-state index contributed by atoms with van der Waals surface area (Å²) in [6, 6.07) is 11.8. The third-order valence-corrected chi connectivity index (χ3v) is 5.08. The monoisotopic (exact) mass is 385 g/mol. The molecule has 0 saturated carbocycles. The number of esters is 1. The Bertz CT molecular complexity index is 871. The molecule has 0 unspecified atom stereocenters. The van der Waals surface area contributed by atoms with Gasteiger partial charge in [-0.2, -0.15) is 0 Å². The van der Waals surface area contributed by atoms with Crippen LogP contribution >= 0.6 is 11.8 Å². The molecule has 0 aliphatic heterocycles. The summed E-state index contributed by atoms with van der Waals surface area (Å²) in [4.78, 5) is 12.1. The highest BCUT2D eigenvalue weighted by Gasteiger charge is 2.16. The first-order chi connectivity index (χ1) is 13.1. The number of furan rings is 1. The van der Waals surface area contributed by atoms with Crippen LogP contribution in [0.15, 0.2) is 52.2 Å². The molecule has 0 radical (unpaired) electrons. The molecule has 3 aromatic rings. The number of aromatic nitrogens is 3. The van der Waals surface area contributed by atoms with Gasteiger partial charge < -0.3 is 9.15 Å². The Labute approximate surface area is 162 Å². The van der Waals surface area contributed by atoms with Crippen LogP contribution in [-0.4, -0.2) is 26.5 Å². The summed E-state index contributed by atoms with van der Waals surface area (Å²) in [5.74, 6) is 1.70. The maximum absolute atomic E-state index is 12.1. The van der Waals surface area contributed by atoms with E-state index < -0.39 is 0 Å². The van der Waals surface area contributed by atoms with Crippen molar-refractivity contribution in [3.8, 4) is 11.6 Å². The number of rotatable bonds is 8. The van der Waals surface area contributed by atoms with E-state index in [4.69, 9.17) is 9.15 Å². The van der Waals surface area contributed by atoms with Gasteiger partial charge in [-0.3, -0.25) is 9.36 Å². The van der Waals surface area contributed by atoms with E-state index >= 15 is 0 Å². The first-order valence-corrected chi connectivity index (χ1v) is 9.91. The third-order valence-electron chi connectivity index (χ3n) is 4.14. The highest BCUT2D eigenvalue weighted by Crippen LogP contribution is 2.24. The van der Waals surface area contributed by atoms with E-state index in [0.717, 1.165) is 5.56 Å². The van der Waals surface area contributed by atoms with Crippen LogP contribution in [0.5, 0.6) is 0 Å². The molecule has 2 aromatic heterocycles. The Morgan fingerprint density at radius 1 is 1.22 bits per heavy atom. The van der Waals surface area contributed by atoms with Crippen molar-refractivity contribution in [2.24, 2.45) is 0 Å². The molecule has 0 atom stereocenters. The van der Waals surface area contributed by atoms with Gasteiger partial charge in [0.15, 0.2) is 16.7 Å². The normalized spacial score (nSPS) is 11.1. The molecule has 7 heteroatoms. The fourth-order valence-electron chi connectivity index (χ4n) is 2.60. The minimum absolute atomic E-state index is 0.181. The van der Waals surface area contributed by atoms with E-state index in [9.17, 15) is 4.79 Å². The Morgan fingerprint density at radius 2 is 2.00 bits per heavy atom. The van der Waals surface area contributed by atoms with Crippen LogP contribution in [0.3, 0.4) is 0 Å². The van der Waals surface area contributed by atoms with Gasteiger partial charge in [0.25, 0.3) is 0 Å². The summed E-state index contributed by atoms with van der Waals surface area (Å²) in [5, 5.41) is 9.01. The quantitative estimate of drug-likeness (QED) is 0.419. The van der Waals surface area contributed by atoms with Gasteiger partial charge in [0.1, 0.15) is 6.61 Å². The van der Waals surface area contributed by atoms with Crippen molar-refractivity contribution in [3.05, 3.63) is 53.8 Å². The molecule has 0 bridgehead atoms. The molecule has 3 rings (SSSR count). The maximum atomic E-state index is 12.1. The second-order valence-corrected chi connectivity index (χ2v) is 7.32. The molecule has 27 heavy (non-hydrogen) atoms. The molecule has 0 fully saturated rings. The average molecular weight is 385 g/mol. The van der Waals surface area contributed by atoms with Gasteiger partial charge in [-0.05, 0) is 36.1 Å². The number of benzene rings is 1. The Hall–Kier alpha value is -2.54. The zero-order valence-electron chi connectivity index (χ0n) is 15.7. The summed E-state index contributed by atoms with van der Waals surface area (Å²) in [7, 11) is 0. The zero-order chi connectivity index (χ0) is 19.2. The van der Waals surface area contributed by atoms with Gasteiger partial charge >= 0.3 is 5.97 Å². The van der Waals surface area contributed by atoms with Crippen molar-refractivity contribution >= 4 is 17.7 Å². The predicted molar refractivity (Wildman–Crippen MR) is 104 cm³/mol. The lowest BCUT2D eigenvalue weighted by atomic mass is 10.0. The van der Waals surface area contributed by atoms with Crippen LogP contribution in [0.25, 0.3) is 11.6 Å². The standard InChI is InChI=1S/C20H23N3O3S/c1-4-23-19(17-6-5-11-25-17)21-22-20(23)27-13-18(24)26-12-15-7-9-16(10-8-15)14(2)3/h5-11,14H,4,12-13H2,1-3H3. The summed E-state index contributed by atoms with van der Waals surface area (Å²) in [5.41, 5.74) is 2.25. The highest BCUT2D eigenvalue weighted by atomic mass is 32.2. The lowest BCUT2D eigenvalue weighted by Gasteiger charge is -2.08. The second-order valence-electron chi connectivity index (χ2n) is 6.37. The lowest BCUT2D eigenvalue weighted by Crippen LogP contribution is -2.08. The smallest absolute Gasteiger partial charge is 0.316 e. The van der Waals surface area contributed by atoms with Gasteiger partial charge in [0.2, 0.25) is 0 Å². The van der Waals surface area contributed by atoms with E-state index in [0.29, 0.717) is 29.2 Å². The molecule has 0 aliphatic carbocycles. The number of thioether (sulfide) groups is 1. The van der Waals surface area contributed by atoms with E-state index in [1.54, 1.807) is 6.26 Å². The van der Waals surface area contributed by atoms with Crippen molar-refractivity contribution in [2.75, 3.05) is 5.75 Å². The summed E-state index contributed by atoms with van der Waals surface area (Å²) in [6.07, 6.45) is 1.60. The van der Waals surface area contributed by atoms with Crippen LogP contribution in [0.1, 0.15) is 37.8 Å². The number of ether oxygens (including phenoxy) is 1. The number of carbonyl (C=O) groups excluding carboxylic acids is 1. The van der Waals surface area contributed by atoms with Crippen molar-refractivity contribution < 1.29 is 13.9 Å². The Balaban J connectivity index is 1.53. The van der Waals surface area contributed by atoms with Gasteiger partial charge in [-0.15, -0.1) is 10.2 Å². The zero-order valence-corrected chi connectivity index (χ0v) is 16.5. The fourth-order valence-corrected chi connectivity index (χ4v) is 3.40. The molecule has 0 amide bonds. The van der Waals surface area contributed by atoms with E-state index in [2.05, 4.69) is 36.2 Å². The summed E-state index contributed by atoms with van der Waals surface area (Å²) in [6.45, 7) is 7.26. The van der Waals surface area contributed by atoms with Gasteiger partial charge in [0, 0.05) is 6.54 Å². The van der Waals surface area contributed by atoms with E-state index in [-0.39, 0.29) is 18.3 Å². The average Bonchev–Trinajstić information content (AvgIpc) is 3.33. The number of carbonyl (C=O) groups is 1. The molecule has 2 heterocycles. The summed E-state index contributed by atoms with van der Waals surface area (Å²) >= 11 is 1.31. The second kappa shape index (κ2) is 8.90. The van der Waals surface area contributed by atoms with Gasteiger partial charge in [0.05, 0.1) is 12.0 Å². The van der Waals surface area contributed by atoms with Crippen LogP contribution in [0, 0.1) is 0 Å². The number of nitrogens with zero attached hydrogens (tertiary/aromatic N) is 3. The summed E-state index contributed by atoms with van der Waals surface area (Å²) < 4.78 is 12.7. The molecular formula is C20H23N3O3S.